The van der Waals surface area contributed by atoms with E-state index in [0.29, 0.717) is 0 Å². The molecule has 0 aliphatic carbocycles. The molecule has 114 valence electrons. The number of benzene rings is 1. The van der Waals surface area contributed by atoms with Crippen molar-refractivity contribution in [1.29, 1.82) is 0 Å². The summed E-state index contributed by atoms with van der Waals surface area (Å²) in [6.45, 7) is 1.48. The average Bonchev–Trinajstić information content (AvgIpc) is 3.10. The predicted octanol–water partition coefficient (Wildman–Crippen LogP) is 3.69. The second-order valence-corrected chi connectivity index (χ2v) is 5.52. The van der Waals surface area contributed by atoms with Crippen LogP contribution in [-0.4, -0.2) is 16.6 Å². The molecule has 0 atom stereocenters. The van der Waals surface area contributed by atoms with E-state index in [4.69, 9.17) is 4.74 Å². The summed E-state index contributed by atoms with van der Waals surface area (Å²) in [5.41, 5.74) is 4.77. The number of nitrogens with zero attached hydrogens (tertiary/aromatic N) is 2. The van der Waals surface area contributed by atoms with Crippen LogP contribution < -0.4 is 10.1 Å². The standard InChI is InChI=1S/C19H17N3O/c1-2-14(12-16(3-1)15-4-8-20-9-5-15)13-22-19-17-7-11-23-18(17)6-10-21-19/h1-6,8-10,12H,7,11,13H2,(H,21,22). The van der Waals surface area contributed by atoms with Crippen LogP contribution in [0, 0.1) is 0 Å². The number of ether oxygens (including phenoxy) is 1. The van der Waals surface area contributed by atoms with E-state index < -0.39 is 0 Å². The highest BCUT2D eigenvalue weighted by Gasteiger charge is 2.16. The number of hydrogen-bond donors (Lipinski definition) is 1. The summed E-state index contributed by atoms with van der Waals surface area (Å²) in [6.07, 6.45) is 6.34. The topological polar surface area (TPSA) is 47.0 Å². The minimum Gasteiger partial charge on any atom is -0.493 e. The van der Waals surface area contributed by atoms with Crippen LogP contribution in [0.15, 0.2) is 61.1 Å². The molecule has 1 aliphatic rings. The summed E-state index contributed by atoms with van der Waals surface area (Å²) in [7, 11) is 0. The number of aromatic nitrogens is 2. The van der Waals surface area contributed by atoms with E-state index in [9.17, 15) is 0 Å². The maximum atomic E-state index is 5.58. The van der Waals surface area contributed by atoms with E-state index >= 15 is 0 Å². The van der Waals surface area contributed by atoms with Gasteiger partial charge in [0.05, 0.1) is 6.61 Å². The van der Waals surface area contributed by atoms with Crippen LogP contribution in [0.4, 0.5) is 5.82 Å². The Morgan fingerprint density at radius 1 is 1.00 bits per heavy atom. The minimum atomic E-state index is 0.738. The zero-order chi connectivity index (χ0) is 15.5. The van der Waals surface area contributed by atoms with Gasteiger partial charge in [-0.25, -0.2) is 4.98 Å². The van der Waals surface area contributed by atoms with Crippen LogP contribution in [-0.2, 0) is 13.0 Å². The van der Waals surface area contributed by atoms with Gasteiger partial charge >= 0.3 is 0 Å². The van der Waals surface area contributed by atoms with E-state index in [-0.39, 0.29) is 0 Å². The maximum Gasteiger partial charge on any atom is 0.133 e. The van der Waals surface area contributed by atoms with Gasteiger partial charge in [0.2, 0.25) is 0 Å². The van der Waals surface area contributed by atoms with Gasteiger partial charge in [-0.1, -0.05) is 18.2 Å². The molecule has 3 heterocycles. The van der Waals surface area contributed by atoms with Gasteiger partial charge in [-0.3, -0.25) is 4.98 Å². The second-order valence-electron chi connectivity index (χ2n) is 5.52. The molecular formula is C19H17N3O. The van der Waals surface area contributed by atoms with Gasteiger partial charge in [-0.2, -0.15) is 0 Å². The lowest BCUT2D eigenvalue weighted by Crippen LogP contribution is -2.03. The molecule has 4 rings (SSSR count). The Morgan fingerprint density at radius 3 is 2.83 bits per heavy atom. The van der Waals surface area contributed by atoms with Crippen LogP contribution in [0.5, 0.6) is 5.75 Å². The van der Waals surface area contributed by atoms with Crippen molar-refractivity contribution in [1.82, 2.24) is 9.97 Å². The molecule has 23 heavy (non-hydrogen) atoms. The SMILES string of the molecule is c1cc(CNc2nccc3c2CCO3)cc(-c2ccncc2)c1. The van der Waals surface area contributed by atoms with Gasteiger partial charge in [0, 0.05) is 37.1 Å². The van der Waals surface area contributed by atoms with Crippen LogP contribution in [0.3, 0.4) is 0 Å². The summed E-state index contributed by atoms with van der Waals surface area (Å²) in [6, 6.07) is 14.5. The van der Waals surface area contributed by atoms with Crippen molar-refractivity contribution in [3.63, 3.8) is 0 Å². The first-order valence-corrected chi connectivity index (χ1v) is 7.74. The molecule has 0 saturated heterocycles. The van der Waals surface area contributed by atoms with E-state index in [0.717, 1.165) is 31.1 Å². The molecule has 0 saturated carbocycles. The molecule has 0 radical (unpaired) electrons. The molecule has 3 aromatic rings. The number of fused-ring (bicyclic) bond motifs is 1. The highest BCUT2D eigenvalue weighted by atomic mass is 16.5. The van der Waals surface area contributed by atoms with Crippen LogP contribution in [0.2, 0.25) is 0 Å². The summed E-state index contributed by atoms with van der Waals surface area (Å²) in [5.74, 6) is 1.88. The normalized spacial score (nSPS) is 12.5. The predicted molar refractivity (Wildman–Crippen MR) is 90.4 cm³/mol. The number of nitrogens with one attached hydrogen (secondary N) is 1. The molecule has 1 N–H and O–H groups in total. The monoisotopic (exact) mass is 303 g/mol. The smallest absolute Gasteiger partial charge is 0.133 e. The third-order valence-corrected chi connectivity index (χ3v) is 4.02. The van der Waals surface area contributed by atoms with E-state index in [1.54, 1.807) is 6.20 Å². The summed E-state index contributed by atoms with van der Waals surface area (Å²) < 4.78 is 5.58. The summed E-state index contributed by atoms with van der Waals surface area (Å²) in [4.78, 5) is 8.52. The molecule has 2 aromatic heterocycles. The summed E-state index contributed by atoms with van der Waals surface area (Å²) >= 11 is 0. The van der Waals surface area contributed by atoms with Gasteiger partial charge in [0.1, 0.15) is 11.6 Å². The quantitative estimate of drug-likeness (QED) is 0.798. The Labute approximate surface area is 135 Å². The van der Waals surface area contributed by atoms with Crippen molar-refractivity contribution in [2.75, 3.05) is 11.9 Å². The van der Waals surface area contributed by atoms with Crippen molar-refractivity contribution in [3.8, 4) is 16.9 Å². The molecule has 0 amide bonds. The Bertz CT molecular complexity index is 818. The molecule has 0 unspecified atom stereocenters. The zero-order valence-corrected chi connectivity index (χ0v) is 12.7. The first-order chi connectivity index (χ1) is 11.4. The number of hydrogen-bond acceptors (Lipinski definition) is 4. The van der Waals surface area contributed by atoms with Crippen molar-refractivity contribution in [2.24, 2.45) is 0 Å². The first-order valence-electron chi connectivity index (χ1n) is 7.74. The van der Waals surface area contributed by atoms with E-state index in [1.807, 2.05) is 30.6 Å². The molecule has 0 bridgehead atoms. The Balaban J connectivity index is 1.53. The third kappa shape index (κ3) is 2.88. The summed E-state index contributed by atoms with van der Waals surface area (Å²) in [5, 5.41) is 3.44. The van der Waals surface area contributed by atoms with E-state index in [2.05, 4.69) is 39.6 Å². The average molecular weight is 303 g/mol. The van der Waals surface area contributed by atoms with Crippen molar-refractivity contribution < 1.29 is 4.74 Å². The second kappa shape index (κ2) is 6.08. The highest BCUT2D eigenvalue weighted by molar-refractivity contribution is 5.63. The van der Waals surface area contributed by atoms with Crippen molar-refractivity contribution in [2.45, 2.75) is 13.0 Å². The van der Waals surface area contributed by atoms with Crippen LogP contribution in [0.25, 0.3) is 11.1 Å². The Kier molecular flexibility index (Phi) is 3.64. The lowest BCUT2D eigenvalue weighted by Gasteiger charge is -2.10. The van der Waals surface area contributed by atoms with E-state index in [1.165, 1.54) is 22.3 Å². The van der Waals surface area contributed by atoms with Gasteiger partial charge in [0.25, 0.3) is 0 Å². The molecule has 4 heteroatoms. The highest BCUT2D eigenvalue weighted by Crippen LogP contribution is 2.30. The lowest BCUT2D eigenvalue weighted by molar-refractivity contribution is 0.356. The maximum absolute atomic E-state index is 5.58. The third-order valence-electron chi connectivity index (χ3n) is 4.02. The Morgan fingerprint density at radius 2 is 1.91 bits per heavy atom. The largest absolute Gasteiger partial charge is 0.493 e. The number of rotatable bonds is 4. The number of anilines is 1. The van der Waals surface area contributed by atoms with Crippen LogP contribution in [0.1, 0.15) is 11.1 Å². The zero-order valence-electron chi connectivity index (χ0n) is 12.7. The fourth-order valence-electron chi connectivity index (χ4n) is 2.86. The molecule has 1 aliphatic heterocycles. The minimum absolute atomic E-state index is 0.738. The van der Waals surface area contributed by atoms with Gasteiger partial charge in [-0.15, -0.1) is 0 Å². The molecule has 0 spiro atoms. The fraction of sp³-hybridized carbons (Fsp3) is 0.158. The molecule has 4 nitrogen and oxygen atoms in total. The molecular weight excluding hydrogens is 286 g/mol. The van der Waals surface area contributed by atoms with Gasteiger partial charge in [0.15, 0.2) is 0 Å². The molecule has 1 aromatic carbocycles. The van der Waals surface area contributed by atoms with Crippen molar-refractivity contribution in [3.05, 3.63) is 72.2 Å². The van der Waals surface area contributed by atoms with Crippen LogP contribution >= 0.6 is 0 Å². The number of pyridine rings is 2. The fourth-order valence-corrected chi connectivity index (χ4v) is 2.86. The lowest BCUT2D eigenvalue weighted by atomic mass is 10.0. The van der Waals surface area contributed by atoms with Crippen molar-refractivity contribution >= 4 is 5.82 Å². The Hall–Kier alpha value is -2.88. The first kappa shape index (κ1) is 13.8. The van der Waals surface area contributed by atoms with Gasteiger partial charge < -0.3 is 10.1 Å². The van der Waals surface area contributed by atoms with Gasteiger partial charge in [-0.05, 0) is 41.0 Å². The molecule has 0 fully saturated rings.